The molecule has 0 heterocycles. The minimum Gasteiger partial charge on any atom is -0.388 e. The van der Waals surface area contributed by atoms with Crippen LogP contribution in [0.3, 0.4) is 0 Å². The zero-order chi connectivity index (χ0) is 19.8. The average Bonchev–Trinajstić information content (AvgIpc) is 2.62. The average molecular weight is 400 g/mol. The van der Waals surface area contributed by atoms with Crippen LogP contribution in [-0.4, -0.2) is 25.2 Å². The molecule has 0 unspecified atom stereocenters. The van der Waals surface area contributed by atoms with Crippen LogP contribution in [0, 0.1) is 5.92 Å². The van der Waals surface area contributed by atoms with Gasteiger partial charge < -0.3 is 5.11 Å². The molecule has 6 heteroatoms. The summed E-state index contributed by atoms with van der Waals surface area (Å²) in [7, 11) is -3.78. The molecule has 26 heavy (non-hydrogen) atoms. The van der Waals surface area contributed by atoms with Gasteiger partial charge in [0.25, 0.3) is 0 Å². The molecule has 0 fully saturated rings. The number of sulfonamides is 1. The molecule has 2 N–H and O–H groups in total. The fraction of sp³-hybridized carbons (Fsp3) is 0.500. The Labute approximate surface area is 163 Å². The van der Waals surface area contributed by atoms with Gasteiger partial charge in [0.1, 0.15) is 0 Å². The van der Waals surface area contributed by atoms with Gasteiger partial charge in [-0.3, -0.25) is 0 Å². The summed E-state index contributed by atoms with van der Waals surface area (Å²) in [6.07, 6.45) is 6.27. The summed E-state index contributed by atoms with van der Waals surface area (Å²) in [6, 6.07) is 5.38. The van der Waals surface area contributed by atoms with Crippen molar-refractivity contribution in [3.8, 4) is 0 Å². The lowest BCUT2D eigenvalue weighted by atomic mass is 9.78. The molecule has 0 amide bonds. The normalized spacial score (nSPS) is 14.6. The van der Waals surface area contributed by atoms with Crippen molar-refractivity contribution < 1.29 is 13.5 Å². The van der Waals surface area contributed by atoms with E-state index in [1.165, 1.54) is 24.3 Å². The van der Waals surface area contributed by atoms with Crippen LogP contribution in [0.15, 0.2) is 54.5 Å². The van der Waals surface area contributed by atoms with Gasteiger partial charge in [0.2, 0.25) is 10.0 Å². The van der Waals surface area contributed by atoms with E-state index in [2.05, 4.69) is 17.9 Å². The van der Waals surface area contributed by atoms with Crippen molar-refractivity contribution >= 4 is 21.6 Å². The van der Waals surface area contributed by atoms with E-state index in [4.69, 9.17) is 11.6 Å². The minimum absolute atomic E-state index is 0.0447. The van der Waals surface area contributed by atoms with Gasteiger partial charge in [-0.2, -0.15) is 0 Å². The zero-order valence-corrected chi connectivity index (χ0v) is 17.2. The quantitative estimate of drug-likeness (QED) is 0.501. The molecule has 0 aliphatic carbocycles. The Balaban J connectivity index is 3.22. The summed E-state index contributed by atoms with van der Waals surface area (Å²) in [5.41, 5.74) is -1.18. The molecular weight excluding hydrogens is 370 g/mol. The van der Waals surface area contributed by atoms with Gasteiger partial charge in [-0.1, -0.05) is 44.0 Å². The number of hydrogen-bond donors (Lipinski definition) is 2. The molecule has 0 saturated carbocycles. The van der Waals surface area contributed by atoms with Crippen molar-refractivity contribution in [2.45, 2.75) is 62.5 Å². The summed E-state index contributed by atoms with van der Waals surface area (Å²) < 4.78 is 28.5. The highest BCUT2D eigenvalue weighted by Crippen LogP contribution is 2.31. The SMILES string of the molecule is C=CCCC(O)(CCC=C)[C@@H](NS(=O)(=O)c1ccc(Cl)cc1)[C@@H](C)CC. The molecule has 146 valence electrons. The van der Waals surface area contributed by atoms with Crippen LogP contribution in [0.5, 0.6) is 0 Å². The van der Waals surface area contributed by atoms with Gasteiger partial charge in [-0.05, 0) is 55.9 Å². The van der Waals surface area contributed by atoms with E-state index in [1.54, 1.807) is 12.2 Å². The summed E-state index contributed by atoms with van der Waals surface area (Å²) >= 11 is 5.85. The zero-order valence-electron chi connectivity index (χ0n) is 15.6. The first kappa shape index (κ1) is 22.9. The van der Waals surface area contributed by atoms with Crippen molar-refractivity contribution in [2.75, 3.05) is 0 Å². The smallest absolute Gasteiger partial charge is 0.240 e. The van der Waals surface area contributed by atoms with E-state index in [1.807, 2.05) is 13.8 Å². The molecule has 0 aromatic heterocycles. The van der Waals surface area contributed by atoms with Crippen molar-refractivity contribution in [1.29, 1.82) is 0 Å². The third-order valence-electron chi connectivity index (χ3n) is 4.76. The minimum atomic E-state index is -3.78. The standard InChI is InChI=1S/C20H30ClNO3S/c1-5-8-14-20(23,15-9-6-2)19(16(4)7-3)22-26(24,25)18-12-10-17(21)11-13-18/h5-6,10-13,16,19,22-23H,1-2,7-9,14-15H2,3-4H3/t16-,19-/m0/s1. The lowest BCUT2D eigenvalue weighted by molar-refractivity contribution is -0.0226. The second kappa shape index (κ2) is 10.3. The van der Waals surface area contributed by atoms with E-state index in [9.17, 15) is 13.5 Å². The first-order valence-corrected chi connectivity index (χ1v) is 10.8. The Hall–Kier alpha value is -1.14. The summed E-state index contributed by atoms with van der Waals surface area (Å²) in [5.74, 6) is -0.0447. The first-order chi connectivity index (χ1) is 12.2. The molecule has 4 nitrogen and oxygen atoms in total. The maximum atomic E-state index is 12.9. The lowest BCUT2D eigenvalue weighted by Gasteiger charge is -2.40. The van der Waals surface area contributed by atoms with Crippen molar-refractivity contribution in [2.24, 2.45) is 5.92 Å². The number of benzene rings is 1. The highest BCUT2D eigenvalue weighted by atomic mass is 35.5. The third kappa shape index (κ3) is 6.23. The molecular formula is C20H30ClNO3S. The second-order valence-electron chi connectivity index (χ2n) is 6.70. The molecule has 0 aliphatic rings. The largest absolute Gasteiger partial charge is 0.388 e. The Bertz CT molecular complexity index is 674. The van der Waals surface area contributed by atoms with Gasteiger partial charge in [-0.25, -0.2) is 13.1 Å². The predicted molar refractivity (Wildman–Crippen MR) is 109 cm³/mol. The predicted octanol–water partition coefficient (Wildman–Crippen LogP) is 4.70. The Morgan fingerprint density at radius 1 is 1.19 bits per heavy atom. The summed E-state index contributed by atoms with van der Waals surface area (Å²) in [6.45, 7) is 11.4. The number of halogens is 1. The van der Waals surface area contributed by atoms with Crippen LogP contribution in [0.25, 0.3) is 0 Å². The van der Waals surface area contributed by atoms with Crippen molar-refractivity contribution in [3.05, 3.63) is 54.6 Å². The van der Waals surface area contributed by atoms with Crippen LogP contribution in [-0.2, 0) is 10.0 Å². The topological polar surface area (TPSA) is 66.4 Å². The van der Waals surface area contributed by atoms with E-state index in [0.29, 0.717) is 30.7 Å². The van der Waals surface area contributed by atoms with Crippen LogP contribution in [0.2, 0.25) is 5.02 Å². The highest BCUT2D eigenvalue weighted by Gasteiger charge is 2.40. The maximum Gasteiger partial charge on any atom is 0.240 e. The van der Waals surface area contributed by atoms with Gasteiger partial charge in [0.15, 0.2) is 0 Å². The number of rotatable bonds is 12. The molecule has 1 rings (SSSR count). The molecule has 0 bridgehead atoms. The van der Waals surface area contributed by atoms with E-state index in [-0.39, 0.29) is 10.8 Å². The van der Waals surface area contributed by atoms with Crippen molar-refractivity contribution in [3.63, 3.8) is 0 Å². The first-order valence-electron chi connectivity index (χ1n) is 8.92. The van der Waals surface area contributed by atoms with E-state index < -0.39 is 21.7 Å². The van der Waals surface area contributed by atoms with E-state index >= 15 is 0 Å². The van der Waals surface area contributed by atoms with Crippen LogP contribution in [0.1, 0.15) is 46.0 Å². The lowest BCUT2D eigenvalue weighted by Crippen LogP contribution is -2.55. The molecule has 1 aromatic rings. The monoisotopic (exact) mass is 399 g/mol. The Kier molecular flexibility index (Phi) is 9.04. The third-order valence-corrected chi connectivity index (χ3v) is 6.47. The fourth-order valence-electron chi connectivity index (χ4n) is 2.98. The van der Waals surface area contributed by atoms with Crippen LogP contribution >= 0.6 is 11.6 Å². The molecule has 1 aromatic carbocycles. The fourth-order valence-corrected chi connectivity index (χ4v) is 4.52. The van der Waals surface area contributed by atoms with Gasteiger partial charge >= 0.3 is 0 Å². The Morgan fingerprint density at radius 2 is 1.69 bits per heavy atom. The maximum absolute atomic E-state index is 12.9. The van der Waals surface area contributed by atoms with Gasteiger partial charge in [0.05, 0.1) is 16.5 Å². The highest BCUT2D eigenvalue weighted by molar-refractivity contribution is 7.89. The molecule has 2 atom stereocenters. The van der Waals surface area contributed by atoms with E-state index in [0.717, 1.165) is 6.42 Å². The molecule has 0 aliphatic heterocycles. The van der Waals surface area contributed by atoms with Crippen molar-refractivity contribution in [1.82, 2.24) is 4.72 Å². The van der Waals surface area contributed by atoms with Crippen LogP contribution < -0.4 is 4.72 Å². The number of hydrogen-bond acceptors (Lipinski definition) is 3. The summed E-state index contributed by atoms with van der Waals surface area (Å²) in [4.78, 5) is 0.130. The molecule has 0 spiro atoms. The van der Waals surface area contributed by atoms with Crippen LogP contribution in [0.4, 0.5) is 0 Å². The second-order valence-corrected chi connectivity index (χ2v) is 8.85. The summed E-state index contributed by atoms with van der Waals surface area (Å²) in [5, 5.41) is 11.8. The van der Waals surface area contributed by atoms with Gasteiger partial charge in [-0.15, -0.1) is 13.2 Å². The number of nitrogens with one attached hydrogen (secondary N) is 1. The number of allylic oxidation sites excluding steroid dienone is 2. The molecule has 0 radical (unpaired) electrons. The van der Waals surface area contributed by atoms with Gasteiger partial charge in [0, 0.05) is 5.02 Å². The number of aliphatic hydroxyl groups is 1. The molecule has 0 saturated heterocycles. The Morgan fingerprint density at radius 3 is 2.12 bits per heavy atom.